The molecule has 84 valence electrons. The monoisotopic (exact) mass is 271 g/mol. The van der Waals surface area contributed by atoms with Gasteiger partial charge in [-0.2, -0.15) is 0 Å². The zero-order valence-corrected chi connectivity index (χ0v) is 11.1. The molecule has 0 aliphatic rings. The van der Waals surface area contributed by atoms with E-state index < -0.39 is 0 Å². The summed E-state index contributed by atoms with van der Waals surface area (Å²) in [5.74, 6) is 0.700. The fourth-order valence-corrected chi connectivity index (χ4v) is 1.04. The van der Waals surface area contributed by atoms with Crippen LogP contribution in [0.4, 0.5) is 0 Å². The van der Waals surface area contributed by atoms with Crippen molar-refractivity contribution in [3.63, 3.8) is 0 Å². The molecule has 0 aromatic carbocycles. The van der Waals surface area contributed by atoms with Gasteiger partial charge in [0.25, 0.3) is 0 Å². The summed E-state index contributed by atoms with van der Waals surface area (Å²) in [4.78, 5) is 0. The number of allylic oxidation sites excluding steroid dienone is 5. The van der Waals surface area contributed by atoms with Gasteiger partial charge in [-0.05, 0) is 13.8 Å². The summed E-state index contributed by atoms with van der Waals surface area (Å²) >= 11 is 3.38. The van der Waals surface area contributed by atoms with E-state index in [1.54, 1.807) is 13.2 Å². The first-order chi connectivity index (χ1) is 7.06. The van der Waals surface area contributed by atoms with Crippen molar-refractivity contribution < 1.29 is 4.74 Å². The molecule has 0 aliphatic heterocycles. The number of methoxy groups -OCH3 is 1. The molecule has 0 saturated carbocycles. The first kappa shape index (κ1) is 14.0. The molecule has 0 aliphatic carbocycles. The van der Waals surface area contributed by atoms with Crippen LogP contribution in [0.3, 0.4) is 0 Å². The molecule has 0 heterocycles. The van der Waals surface area contributed by atoms with Gasteiger partial charge in [-0.15, -0.1) is 0 Å². The van der Waals surface area contributed by atoms with Gasteiger partial charge in [-0.1, -0.05) is 46.3 Å². The van der Waals surface area contributed by atoms with Crippen molar-refractivity contribution in [3.05, 3.63) is 47.4 Å². The van der Waals surface area contributed by atoms with Gasteiger partial charge in [0.15, 0.2) is 0 Å². The standard InChI is InChI=1S/C12H18BrNO/c1-5-11(7-6-9(2)8-13)12(14)10(3)15-4/h5-7H,1,8,14H2,2-4H3/b9-6+,11-7-,12-10+. The van der Waals surface area contributed by atoms with Crippen LogP contribution in [0.1, 0.15) is 13.8 Å². The quantitative estimate of drug-likeness (QED) is 0.473. The molecule has 0 radical (unpaired) electrons. The molecule has 3 heteroatoms. The van der Waals surface area contributed by atoms with Crippen LogP contribution in [0.25, 0.3) is 0 Å². The van der Waals surface area contributed by atoms with E-state index in [0.717, 1.165) is 10.9 Å². The summed E-state index contributed by atoms with van der Waals surface area (Å²) in [6, 6.07) is 0. The molecule has 0 spiro atoms. The number of halogens is 1. The lowest BCUT2D eigenvalue weighted by Gasteiger charge is -2.06. The number of rotatable bonds is 5. The third-order valence-corrected chi connectivity index (χ3v) is 2.86. The Balaban J connectivity index is 5.01. The highest BCUT2D eigenvalue weighted by molar-refractivity contribution is 9.09. The zero-order valence-electron chi connectivity index (χ0n) is 9.51. The van der Waals surface area contributed by atoms with Crippen LogP contribution in [-0.4, -0.2) is 12.4 Å². The lowest BCUT2D eigenvalue weighted by atomic mass is 10.1. The molecule has 15 heavy (non-hydrogen) atoms. The fourth-order valence-electron chi connectivity index (χ4n) is 0.858. The van der Waals surface area contributed by atoms with Crippen molar-refractivity contribution in [2.75, 3.05) is 12.4 Å². The van der Waals surface area contributed by atoms with Crippen molar-refractivity contribution in [1.29, 1.82) is 0 Å². The van der Waals surface area contributed by atoms with Crippen molar-refractivity contribution >= 4 is 15.9 Å². The van der Waals surface area contributed by atoms with Crippen molar-refractivity contribution in [2.24, 2.45) is 5.73 Å². The van der Waals surface area contributed by atoms with Crippen molar-refractivity contribution in [2.45, 2.75) is 13.8 Å². The maximum atomic E-state index is 5.88. The first-order valence-electron chi connectivity index (χ1n) is 4.63. The van der Waals surface area contributed by atoms with Crippen LogP contribution in [0.15, 0.2) is 47.4 Å². The second-order valence-electron chi connectivity index (χ2n) is 3.15. The van der Waals surface area contributed by atoms with Crippen molar-refractivity contribution in [1.82, 2.24) is 0 Å². The Bertz CT molecular complexity index is 314. The molecule has 2 nitrogen and oxygen atoms in total. The highest BCUT2D eigenvalue weighted by Crippen LogP contribution is 2.12. The topological polar surface area (TPSA) is 35.2 Å². The van der Waals surface area contributed by atoms with E-state index in [9.17, 15) is 0 Å². The molecule has 0 amide bonds. The molecule has 0 fully saturated rings. The minimum atomic E-state index is 0.617. The summed E-state index contributed by atoms with van der Waals surface area (Å²) in [6.45, 7) is 7.59. The Hall–Kier alpha value is -0.960. The van der Waals surface area contributed by atoms with Gasteiger partial charge in [0, 0.05) is 10.9 Å². The third kappa shape index (κ3) is 4.88. The van der Waals surface area contributed by atoms with Gasteiger partial charge in [0.05, 0.1) is 12.8 Å². The number of alkyl halides is 1. The minimum absolute atomic E-state index is 0.617. The Labute approximate surface area is 100 Å². The van der Waals surface area contributed by atoms with E-state index >= 15 is 0 Å². The normalized spacial score (nSPS) is 14.7. The Morgan fingerprint density at radius 3 is 2.40 bits per heavy atom. The van der Waals surface area contributed by atoms with Crippen LogP contribution < -0.4 is 5.73 Å². The molecule has 0 saturated heterocycles. The summed E-state index contributed by atoms with van der Waals surface area (Å²) < 4.78 is 5.06. The van der Waals surface area contributed by atoms with Gasteiger partial charge in [-0.25, -0.2) is 0 Å². The van der Waals surface area contributed by atoms with Gasteiger partial charge < -0.3 is 10.5 Å². The second-order valence-corrected chi connectivity index (χ2v) is 3.71. The van der Waals surface area contributed by atoms with E-state index in [1.807, 2.05) is 26.0 Å². The van der Waals surface area contributed by atoms with Gasteiger partial charge in [-0.3, -0.25) is 0 Å². The van der Waals surface area contributed by atoms with Crippen LogP contribution in [0.2, 0.25) is 0 Å². The minimum Gasteiger partial charge on any atom is -0.499 e. The van der Waals surface area contributed by atoms with Gasteiger partial charge >= 0.3 is 0 Å². The molecule has 0 unspecified atom stereocenters. The number of hydrogen-bond acceptors (Lipinski definition) is 2. The molecule has 0 bridgehead atoms. The maximum Gasteiger partial charge on any atom is 0.116 e. The lowest BCUT2D eigenvalue weighted by molar-refractivity contribution is 0.289. The average molecular weight is 272 g/mol. The predicted molar refractivity (Wildman–Crippen MR) is 69.7 cm³/mol. The Morgan fingerprint density at radius 1 is 1.40 bits per heavy atom. The Kier molecular flexibility index (Phi) is 6.88. The smallest absolute Gasteiger partial charge is 0.116 e. The van der Waals surface area contributed by atoms with Crippen LogP contribution >= 0.6 is 15.9 Å². The molecule has 2 N–H and O–H groups in total. The van der Waals surface area contributed by atoms with E-state index in [1.165, 1.54) is 5.57 Å². The molecular weight excluding hydrogens is 254 g/mol. The fraction of sp³-hybridized carbons (Fsp3) is 0.333. The van der Waals surface area contributed by atoms with Gasteiger partial charge in [0.1, 0.15) is 5.76 Å². The second kappa shape index (κ2) is 7.35. The molecule has 0 aromatic rings. The molecular formula is C12H18BrNO. The van der Waals surface area contributed by atoms with Crippen molar-refractivity contribution in [3.8, 4) is 0 Å². The maximum absolute atomic E-state index is 5.88. The van der Waals surface area contributed by atoms with Gasteiger partial charge in [0.2, 0.25) is 0 Å². The van der Waals surface area contributed by atoms with Crippen LogP contribution in [0.5, 0.6) is 0 Å². The van der Waals surface area contributed by atoms with E-state index in [2.05, 4.69) is 22.5 Å². The lowest BCUT2D eigenvalue weighted by Crippen LogP contribution is -2.04. The van der Waals surface area contributed by atoms with Crippen LogP contribution in [0, 0.1) is 0 Å². The summed E-state index contributed by atoms with van der Waals surface area (Å²) in [5, 5.41) is 0.848. The highest BCUT2D eigenvalue weighted by atomic mass is 79.9. The Morgan fingerprint density at radius 2 is 2.00 bits per heavy atom. The summed E-state index contributed by atoms with van der Waals surface area (Å²) in [5.41, 5.74) is 8.59. The number of ether oxygens (including phenoxy) is 1. The zero-order chi connectivity index (χ0) is 11.8. The molecule has 0 rings (SSSR count). The molecule has 0 aromatic heterocycles. The summed E-state index contributed by atoms with van der Waals surface area (Å²) in [7, 11) is 1.60. The third-order valence-electron chi connectivity index (χ3n) is 1.97. The largest absolute Gasteiger partial charge is 0.499 e. The number of nitrogens with two attached hydrogens (primary N) is 1. The van der Waals surface area contributed by atoms with E-state index in [-0.39, 0.29) is 0 Å². The average Bonchev–Trinajstić information content (AvgIpc) is 2.27. The highest BCUT2D eigenvalue weighted by Gasteiger charge is 2.00. The number of hydrogen-bond donors (Lipinski definition) is 1. The van der Waals surface area contributed by atoms with E-state index in [0.29, 0.717) is 11.5 Å². The summed E-state index contributed by atoms with van der Waals surface area (Å²) in [6.07, 6.45) is 5.65. The molecule has 0 atom stereocenters. The predicted octanol–water partition coefficient (Wildman–Crippen LogP) is 3.28. The van der Waals surface area contributed by atoms with E-state index in [4.69, 9.17) is 10.5 Å². The first-order valence-corrected chi connectivity index (χ1v) is 5.75. The SMILES string of the molecule is C=CC(=C/C=C(\C)CBr)/C(N)=C(/C)OC. The van der Waals surface area contributed by atoms with Crippen LogP contribution in [-0.2, 0) is 4.74 Å².